The highest BCUT2D eigenvalue weighted by Gasteiger charge is 2.27. The molecule has 0 aliphatic carbocycles. The number of carboxylic acids is 1. The molecular weight excluding hydrogens is 276 g/mol. The standard InChI is InChI=1S/C14H16N2O5/c17-12(15-8-13(18)19)7-16-14(20)10-5-6-21-11-4-2-1-3-9(10)11/h1-4,10H,5-8H2,(H,15,17)(H,16,20)(H,18,19). The number of amides is 2. The fourth-order valence-electron chi connectivity index (χ4n) is 2.14. The zero-order chi connectivity index (χ0) is 15.2. The lowest BCUT2D eigenvalue weighted by Gasteiger charge is -2.24. The molecule has 21 heavy (non-hydrogen) atoms. The first-order chi connectivity index (χ1) is 10.1. The van der Waals surface area contributed by atoms with E-state index in [-0.39, 0.29) is 18.4 Å². The number of benzene rings is 1. The van der Waals surface area contributed by atoms with Gasteiger partial charge in [0.25, 0.3) is 0 Å². The number of hydrogen-bond acceptors (Lipinski definition) is 4. The van der Waals surface area contributed by atoms with Gasteiger partial charge in [-0.3, -0.25) is 14.4 Å². The van der Waals surface area contributed by atoms with Crippen LogP contribution in [0.25, 0.3) is 0 Å². The number of fused-ring (bicyclic) bond motifs is 1. The van der Waals surface area contributed by atoms with Gasteiger partial charge in [0, 0.05) is 5.56 Å². The Kier molecular flexibility index (Phi) is 4.76. The lowest BCUT2D eigenvalue weighted by Crippen LogP contribution is -2.41. The Morgan fingerprint density at radius 2 is 1.95 bits per heavy atom. The van der Waals surface area contributed by atoms with Gasteiger partial charge in [0.05, 0.1) is 19.1 Å². The topological polar surface area (TPSA) is 105 Å². The van der Waals surface area contributed by atoms with Crippen LogP contribution in [-0.4, -0.2) is 42.6 Å². The predicted octanol–water partition coefficient (Wildman–Crippen LogP) is -0.130. The molecule has 0 fully saturated rings. The normalized spacial score (nSPS) is 16.3. The van der Waals surface area contributed by atoms with Crippen LogP contribution in [0.3, 0.4) is 0 Å². The van der Waals surface area contributed by atoms with E-state index in [9.17, 15) is 14.4 Å². The molecule has 2 amide bonds. The zero-order valence-electron chi connectivity index (χ0n) is 11.3. The van der Waals surface area contributed by atoms with E-state index in [0.717, 1.165) is 5.56 Å². The van der Waals surface area contributed by atoms with Crippen LogP contribution < -0.4 is 15.4 Å². The Labute approximate surface area is 121 Å². The fourth-order valence-corrected chi connectivity index (χ4v) is 2.14. The van der Waals surface area contributed by atoms with Crippen LogP contribution in [0.4, 0.5) is 0 Å². The maximum Gasteiger partial charge on any atom is 0.322 e. The molecule has 112 valence electrons. The number of aliphatic carboxylic acids is 1. The van der Waals surface area contributed by atoms with Gasteiger partial charge in [-0.15, -0.1) is 0 Å². The molecule has 0 saturated heterocycles. The number of carbonyl (C=O) groups is 3. The zero-order valence-corrected chi connectivity index (χ0v) is 11.3. The molecule has 0 radical (unpaired) electrons. The van der Waals surface area contributed by atoms with Crippen molar-refractivity contribution in [1.82, 2.24) is 10.6 Å². The maximum atomic E-state index is 12.1. The largest absolute Gasteiger partial charge is 0.493 e. The summed E-state index contributed by atoms with van der Waals surface area (Å²) in [7, 11) is 0. The van der Waals surface area contributed by atoms with Gasteiger partial charge in [-0.2, -0.15) is 0 Å². The van der Waals surface area contributed by atoms with Crippen molar-refractivity contribution in [2.24, 2.45) is 0 Å². The van der Waals surface area contributed by atoms with Crippen LogP contribution in [0.15, 0.2) is 24.3 Å². The summed E-state index contributed by atoms with van der Waals surface area (Å²) in [6.45, 7) is -0.263. The molecule has 7 heteroatoms. The molecule has 0 saturated carbocycles. The molecule has 1 aromatic carbocycles. The number of hydrogen-bond donors (Lipinski definition) is 3. The summed E-state index contributed by atoms with van der Waals surface area (Å²) in [5, 5.41) is 13.1. The number of ether oxygens (including phenoxy) is 1. The van der Waals surface area contributed by atoms with Crippen molar-refractivity contribution in [3.05, 3.63) is 29.8 Å². The van der Waals surface area contributed by atoms with Gasteiger partial charge < -0.3 is 20.5 Å². The van der Waals surface area contributed by atoms with E-state index in [1.54, 1.807) is 6.07 Å². The van der Waals surface area contributed by atoms with E-state index in [1.165, 1.54) is 0 Å². The van der Waals surface area contributed by atoms with Gasteiger partial charge in [0.1, 0.15) is 12.3 Å². The van der Waals surface area contributed by atoms with Gasteiger partial charge in [-0.1, -0.05) is 18.2 Å². The SMILES string of the molecule is O=C(O)CNC(=O)CNC(=O)C1CCOc2ccccc21. The molecule has 1 heterocycles. The molecule has 0 bridgehead atoms. The van der Waals surface area contributed by atoms with Crippen molar-refractivity contribution in [2.75, 3.05) is 19.7 Å². The number of para-hydroxylation sites is 1. The summed E-state index contributed by atoms with van der Waals surface area (Å²) in [6, 6.07) is 7.28. The third-order valence-electron chi connectivity index (χ3n) is 3.13. The van der Waals surface area contributed by atoms with Gasteiger partial charge in [-0.05, 0) is 12.5 Å². The fraction of sp³-hybridized carbons (Fsp3) is 0.357. The van der Waals surface area contributed by atoms with Crippen LogP contribution in [-0.2, 0) is 14.4 Å². The second-order valence-electron chi connectivity index (χ2n) is 4.62. The summed E-state index contributed by atoms with van der Waals surface area (Å²) in [5.74, 6) is -1.61. The maximum absolute atomic E-state index is 12.1. The van der Waals surface area contributed by atoms with Crippen LogP contribution in [0.2, 0.25) is 0 Å². The molecule has 3 N–H and O–H groups in total. The molecule has 1 unspecified atom stereocenters. The van der Waals surface area contributed by atoms with Crippen LogP contribution in [0, 0.1) is 0 Å². The minimum atomic E-state index is -1.13. The summed E-state index contributed by atoms with van der Waals surface area (Å²) < 4.78 is 5.47. The monoisotopic (exact) mass is 292 g/mol. The first-order valence-corrected chi connectivity index (χ1v) is 6.56. The lowest BCUT2D eigenvalue weighted by molar-refractivity contribution is -0.137. The van der Waals surface area contributed by atoms with E-state index in [4.69, 9.17) is 9.84 Å². The third-order valence-corrected chi connectivity index (χ3v) is 3.13. The summed E-state index contributed by atoms with van der Waals surface area (Å²) in [6.07, 6.45) is 0.541. The van der Waals surface area contributed by atoms with E-state index in [0.29, 0.717) is 18.8 Å². The van der Waals surface area contributed by atoms with Gasteiger partial charge in [-0.25, -0.2) is 0 Å². The molecule has 1 aromatic rings. The average molecular weight is 292 g/mol. The van der Waals surface area contributed by atoms with E-state index >= 15 is 0 Å². The molecular formula is C14H16N2O5. The van der Waals surface area contributed by atoms with Crippen molar-refractivity contribution >= 4 is 17.8 Å². The smallest absolute Gasteiger partial charge is 0.322 e. The second-order valence-corrected chi connectivity index (χ2v) is 4.62. The molecule has 1 aliphatic heterocycles. The minimum Gasteiger partial charge on any atom is -0.493 e. The summed E-state index contributed by atoms with van der Waals surface area (Å²) >= 11 is 0. The predicted molar refractivity (Wildman–Crippen MR) is 73.0 cm³/mol. The third kappa shape index (κ3) is 3.95. The molecule has 2 rings (SSSR count). The number of rotatable bonds is 5. The van der Waals surface area contributed by atoms with E-state index in [1.807, 2.05) is 18.2 Å². The van der Waals surface area contributed by atoms with Crippen LogP contribution >= 0.6 is 0 Å². The second kappa shape index (κ2) is 6.74. The van der Waals surface area contributed by atoms with Gasteiger partial charge in [0.15, 0.2) is 0 Å². The van der Waals surface area contributed by atoms with E-state index in [2.05, 4.69) is 10.6 Å². The summed E-state index contributed by atoms with van der Waals surface area (Å²) in [5.41, 5.74) is 0.798. The molecule has 0 aromatic heterocycles. The van der Waals surface area contributed by atoms with Crippen molar-refractivity contribution < 1.29 is 24.2 Å². The van der Waals surface area contributed by atoms with Gasteiger partial charge in [0.2, 0.25) is 11.8 Å². The van der Waals surface area contributed by atoms with Gasteiger partial charge >= 0.3 is 5.97 Å². The highest BCUT2D eigenvalue weighted by molar-refractivity contribution is 5.90. The first-order valence-electron chi connectivity index (χ1n) is 6.56. The van der Waals surface area contributed by atoms with Crippen molar-refractivity contribution in [2.45, 2.75) is 12.3 Å². The quantitative estimate of drug-likeness (QED) is 0.701. The number of nitrogens with one attached hydrogen (secondary N) is 2. The van der Waals surface area contributed by atoms with Crippen LogP contribution in [0.1, 0.15) is 17.9 Å². The highest BCUT2D eigenvalue weighted by Crippen LogP contribution is 2.33. The van der Waals surface area contributed by atoms with Crippen LogP contribution in [0.5, 0.6) is 5.75 Å². The molecule has 0 spiro atoms. The Morgan fingerprint density at radius 3 is 2.71 bits per heavy atom. The Balaban J connectivity index is 1.90. The van der Waals surface area contributed by atoms with E-state index < -0.39 is 18.4 Å². The van der Waals surface area contributed by atoms with Crippen molar-refractivity contribution in [3.8, 4) is 5.75 Å². The Bertz CT molecular complexity index is 558. The molecule has 1 atom stereocenters. The summed E-state index contributed by atoms with van der Waals surface area (Å²) in [4.78, 5) is 33.8. The molecule has 1 aliphatic rings. The number of carbonyl (C=O) groups excluding carboxylic acids is 2. The lowest BCUT2D eigenvalue weighted by atomic mass is 9.92. The highest BCUT2D eigenvalue weighted by atomic mass is 16.5. The Hall–Kier alpha value is -2.57. The van der Waals surface area contributed by atoms with Crippen molar-refractivity contribution in [1.29, 1.82) is 0 Å². The first kappa shape index (κ1) is 14.8. The van der Waals surface area contributed by atoms with Crippen molar-refractivity contribution in [3.63, 3.8) is 0 Å². The number of carboxylic acid groups (broad SMARTS) is 1. The average Bonchev–Trinajstić information content (AvgIpc) is 2.50. The molecule has 7 nitrogen and oxygen atoms in total. The Morgan fingerprint density at radius 1 is 1.19 bits per heavy atom. The minimum absolute atomic E-state index is 0.244.